The molecule has 2 atom stereocenters. The first-order chi connectivity index (χ1) is 10.9. The van der Waals surface area contributed by atoms with Crippen LogP contribution in [0.4, 0.5) is 9.18 Å². The summed E-state index contributed by atoms with van der Waals surface area (Å²) in [6.45, 7) is 2.00. The van der Waals surface area contributed by atoms with E-state index in [1.54, 1.807) is 6.92 Å². The fraction of sp³-hybridized carbons (Fsp3) is 0.400. The number of amides is 4. The molecule has 1 fully saturated rings. The van der Waals surface area contributed by atoms with Crippen molar-refractivity contribution in [1.29, 1.82) is 0 Å². The van der Waals surface area contributed by atoms with E-state index in [0.717, 1.165) is 0 Å². The highest BCUT2D eigenvalue weighted by Crippen LogP contribution is 2.11. The molecule has 8 heteroatoms. The van der Waals surface area contributed by atoms with Crippen molar-refractivity contribution in [3.8, 4) is 5.75 Å². The maximum absolute atomic E-state index is 12.8. The van der Waals surface area contributed by atoms with E-state index in [4.69, 9.17) is 4.74 Å². The van der Waals surface area contributed by atoms with Crippen LogP contribution in [0.3, 0.4) is 0 Å². The summed E-state index contributed by atoms with van der Waals surface area (Å²) in [7, 11) is 0. The Kier molecular flexibility index (Phi) is 5.51. The van der Waals surface area contributed by atoms with Crippen molar-refractivity contribution in [2.24, 2.45) is 0 Å². The second kappa shape index (κ2) is 7.57. The Bertz CT molecular complexity index is 591. The fourth-order valence-corrected chi connectivity index (χ4v) is 2.08. The number of ether oxygens (including phenoxy) is 1. The number of hydrogen-bond acceptors (Lipinski definition) is 4. The summed E-state index contributed by atoms with van der Waals surface area (Å²) < 4.78 is 18.2. The molecule has 1 saturated heterocycles. The van der Waals surface area contributed by atoms with E-state index >= 15 is 0 Å². The minimum Gasteiger partial charge on any atom is -0.491 e. The molecule has 23 heavy (non-hydrogen) atoms. The number of nitrogens with one attached hydrogen (secondary N) is 3. The molecule has 1 aromatic carbocycles. The van der Waals surface area contributed by atoms with Gasteiger partial charge in [0.05, 0.1) is 6.04 Å². The first-order valence-corrected chi connectivity index (χ1v) is 7.23. The zero-order chi connectivity index (χ0) is 16.8. The van der Waals surface area contributed by atoms with Crippen molar-refractivity contribution in [2.45, 2.75) is 31.8 Å². The topological polar surface area (TPSA) is 96.5 Å². The molecule has 4 amide bonds. The lowest BCUT2D eigenvalue weighted by atomic mass is 10.1. The van der Waals surface area contributed by atoms with Crippen LogP contribution >= 0.6 is 0 Å². The minimum atomic E-state index is -0.668. The van der Waals surface area contributed by atoms with Crippen LogP contribution in [0.1, 0.15) is 19.8 Å². The van der Waals surface area contributed by atoms with Gasteiger partial charge in [0.2, 0.25) is 5.91 Å². The summed E-state index contributed by atoms with van der Waals surface area (Å²) in [6, 6.07) is 4.13. The molecule has 3 N–H and O–H groups in total. The number of benzene rings is 1. The van der Waals surface area contributed by atoms with E-state index in [2.05, 4.69) is 16.0 Å². The third-order valence-electron chi connectivity index (χ3n) is 3.24. The Morgan fingerprint density at radius 3 is 2.65 bits per heavy atom. The summed E-state index contributed by atoms with van der Waals surface area (Å²) in [5.41, 5.74) is 0. The van der Waals surface area contributed by atoms with Gasteiger partial charge in [0, 0.05) is 6.42 Å². The van der Waals surface area contributed by atoms with Crippen LogP contribution in [0.2, 0.25) is 0 Å². The Labute approximate surface area is 132 Å². The molecule has 2 unspecified atom stereocenters. The Morgan fingerprint density at radius 1 is 1.35 bits per heavy atom. The Hall–Kier alpha value is -2.64. The molecule has 0 saturated carbocycles. The van der Waals surface area contributed by atoms with Crippen molar-refractivity contribution in [3.63, 3.8) is 0 Å². The van der Waals surface area contributed by atoms with Gasteiger partial charge in [-0.25, -0.2) is 9.18 Å². The van der Waals surface area contributed by atoms with Crippen molar-refractivity contribution in [3.05, 3.63) is 30.1 Å². The normalized spacial score (nSPS) is 18.1. The van der Waals surface area contributed by atoms with Crippen LogP contribution in [-0.4, -0.2) is 36.5 Å². The third-order valence-corrected chi connectivity index (χ3v) is 3.24. The van der Waals surface area contributed by atoms with E-state index in [9.17, 15) is 18.8 Å². The van der Waals surface area contributed by atoms with Gasteiger partial charge in [-0.1, -0.05) is 0 Å². The molecule has 0 bridgehead atoms. The molecular weight excluding hydrogens is 305 g/mol. The zero-order valence-electron chi connectivity index (χ0n) is 12.6. The van der Waals surface area contributed by atoms with Gasteiger partial charge in [0.25, 0.3) is 5.91 Å². The SMILES string of the molecule is CC(COc1ccc(F)cc1)NC(=O)CCC1NC(=O)NC1=O. The van der Waals surface area contributed by atoms with Crippen molar-refractivity contribution >= 4 is 17.8 Å². The van der Waals surface area contributed by atoms with E-state index in [0.29, 0.717) is 5.75 Å². The fourth-order valence-electron chi connectivity index (χ4n) is 2.08. The molecule has 2 rings (SSSR count). The standard InChI is InChI=1S/C15H18FN3O4/c1-9(8-23-11-4-2-10(16)3-5-11)17-13(20)7-6-12-14(21)19-15(22)18-12/h2-5,9,12H,6-8H2,1H3,(H,17,20)(H2,18,19,21,22). The monoisotopic (exact) mass is 323 g/mol. The first kappa shape index (κ1) is 16.7. The van der Waals surface area contributed by atoms with Crippen LogP contribution in [0.15, 0.2) is 24.3 Å². The molecule has 0 aromatic heterocycles. The van der Waals surface area contributed by atoms with Gasteiger partial charge in [-0.3, -0.25) is 14.9 Å². The number of imide groups is 1. The largest absolute Gasteiger partial charge is 0.491 e. The molecule has 1 heterocycles. The lowest BCUT2D eigenvalue weighted by Crippen LogP contribution is -2.38. The number of rotatable bonds is 7. The molecule has 7 nitrogen and oxygen atoms in total. The molecule has 0 aliphatic carbocycles. The van der Waals surface area contributed by atoms with Gasteiger partial charge in [-0.05, 0) is 37.6 Å². The Morgan fingerprint density at radius 2 is 2.04 bits per heavy atom. The number of carbonyl (C=O) groups excluding carboxylic acids is 3. The molecule has 1 aliphatic rings. The molecule has 1 aliphatic heterocycles. The first-order valence-electron chi connectivity index (χ1n) is 7.23. The number of halogens is 1. The number of hydrogen-bond donors (Lipinski definition) is 3. The predicted octanol–water partition coefficient (Wildman–Crippen LogP) is 0.697. The lowest BCUT2D eigenvalue weighted by Gasteiger charge is -2.15. The summed E-state index contributed by atoms with van der Waals surface area (Å²) >= 11 is 0. The molecular formula is C15H18FN3O4. The zero-order valence-corrected chi connectivity index (χ0v) is 12.6. The maximum Gasteiger partial charge on any atom is 0.322 e. The highest BCUT2D eigenvalue weighted by Gasteiger charge is 2.29. The van der Waals surface area contributed by atoms with Crippen LogP contribution in [-0.2, 0) is 9.59 Å². The summed E-state index contributed by atoms with van der Waals surface area (Å²) in [4.78, 5) is 34.1. The Balaban J connectivity index is 1.67. The van der Waals surface area contributed by atoms with Gasteiger partial charge >= 0.3 is 6.03 Å². The van der Waals surface area contributed by atoms with Gasteiger partial charge < -0.3 is 15.4 Å². The maximum atomic E-state index is 12.8. The van der Waals surface area contributed by atoms with Gasteiger partial charge in [0.1, 0.15) is 24.2 Å². The molecule has 0 radical (unpaired) electrons. The average molecular weight is 323 g/mol. The van der Waals surface area contributed by atoms with Crippen molar-refractivity contribution < 1.29 is 23.5 Å². The number of urea groups is 1. The molecule has 124 valence electrons. The second-order valence-corrected chi connectivity index (χ2v) is 5.29. The molecule has 0 spiro atoms. The summed E-state index contributed by atoms with van der Waals surface area (Å²) in [5.74, 6) is -0.496. The summed E-state index contributed by atoms with van der Waals surface area (Å²) in [5, 5.41) is 7.26. The lowest BCUT2D eigenvalue weighted by molar-refractivity contribution is -0.122. The highest BCUT2D eigenvalue weighted by atomic mass is 19.1. The van der Waals surface area contributed by atoms with Crippen LogP contribution in [0.25, 0.3) is 0 Å². The minimum absolute atomic E-state index is 0.110. The molecule has 1 aromatic rings. The van der Waals surface area contributed by atoms with Crippen molar-refractivity contribution in [1.82, 2.24) is 16.0 Å². The predicted molar refractivity (Wildman–Crippen MR) is 79.2 cm³/mol. The van der Waals surface area contributed by atoms with Gasteiger partial charge in [0.15, 0.2) is 0 Å². The van der Waals surface area contributed by atoms with E-state index in [1.807, 2.05) is 0 Å². The van der Waals surface area contributed by atoms with Crippen LogP contribution < -0.4 is 20.7 Å². The average Bonchev–Trinajstić information content (AvgIpc) is 2.82. The number of carbonyl (C=O) groups is 3. The smallest absolute Gasteiger partial charge is 0.322 e. The van der Waals surface area contributed by atoms with Gasteiger partial charge in [-0.2, -0.15) is 0 Å². The van der Waals surface area contributed by atoms with E-state index in [1.165, 1.54) is 24.3 Å². The quantitative estimate of drug-likeness (QED) is 0.644. The van der Waals surface area contributed by atoms with Crippen LogP contribution in [0.5, 0.6) is 5.75 Å². The van der Waals surface area contributed by atoms with E-state index < -0.39 is 18.0 Å². The summed E-state index contributed by atoms with van der Waals surface area (Å²) in [6.07, 6.45) is 0.341. The third kappa shape index (κ3) is 5.24. The van der Waals surface area contributed by atoms with Gasteiger partial charge in [-0.15, -0.1) is 0 Å². The van der Waals surface area contributed by atoms with E-state index in [-0.39, 0.29) is 37.2 Å². The van der Waals surface area contributed by atoms with Crippen LogP contribution in [0, 0.1) is 5.82 Å². The van der Waals surface area contributed by atoms with Crippen molar-refractivity contribution in [2.75, 3.05) is 6.61 Å². The second-order valence-electron chi connectivity index (χ2n) is 5.29. The highest BCUT2D eigenvalue weighted by molar-refractivity contribution is 6.04.